The van der Waals surface area contributed by atoms with Crippen molar-refractivity contribution in [2.45, 2.75) is 31.5 Å². The average Bonchev–Trinajstić information content (AvgIpc) is 2.84. The van der Waals surface area contributed by atoms with Gasteiger partial charge in [-0.15, -0.1) is 0 Å². The summed E-state index contributed by atoms with van der Waals surface area (Å²) in [7, 11) is 1.56. The Balaban J connectivity index is 1.62. The Morgan fingerprint density at radius 3 is 2.39 bits per heavy atom. The summed E-state index contributed by atoms with van der Waals surface area (Å²) >= 11 is 0. The van der Waals surface area contributed by atoms with E-state index in [2.05, 4.69) is 0 Å². The topological polar surface area (TPSA) is 108 Å². The van der Waals surface area contributed by atoms with Gasteiger partial charge in [-0.1, -0.05) is 60.7 Å². The maximum atomic E-state index is 13.0. The van der Waals surface area contributed by atoms with Gasteiger partial charge in [0.25, 0.3) is 0 Å². The number of nitrogens with two attached hydrogens (primary N) is 2. The van der Waals surface area contributed by atoms with Crippen molar-refractivity contribution in [1.82, 2.24) is 4.90 Å². The highest BCUT2D eigenvalue weighted by Crippen LogP contribution is 2.22. The van der Waals surface area contributed by atoms with Crippen LogP contribution >= 0.6 is 0 Å². The summed E-state index contributed by atoms with van der Waals surface area (Å²) in [5, 5.41) is 2.01. The second-order valence-corrected chi connectivity index (χ2v) is 7.93. The van der Waals surface area contributed by atoms with Crippen molar-refractivity contribution in [2.75, 3.05) is 20.2 Å². The number of fused-ring (bicyclic) bond motifs is 1. The number of nitrogens with zero attached hydrogens (tertiary/aromatic N) is 1. The predicted octanol–water partition coefficient (Wildman–Crippen LogP) is 2.86. The number of ether oxygens (including phenoxy) is 2. The van der Waals surface area contributed by atoms with Crippen LogP contribution in [0.25, 0.3) is 10.8 Å². The summed E-state index contributed by atoms with van der Waals surface area (Å²) in [4.78, 5) is 27.2. The van der Waals surface area contributed by atoms with Gasteiger partial charge in [0.1, 0.15) is 17.8 Å². The molecular formula is C26H31N3O4. The van der Waals surface area contributed by atoms with Gasteiger partial charge in [-0.3, -0.25) is 4.79 Å². The molecule has 7 nitrogen and oxygen atoms in total. The van der Waals surface area contributed by atoms with Crippen LogP contribution in [0.3, 0.4) is 0 Å². The van der Waals surface area contributed by atoms with Gasteiger partial charge in [0.15, 0.2) is 0 Å². The van der Waals surface area contributed by atoms with E-state index in [0.717, 1.165) is 16.3 Å². The lowest BCUT2D eigenvalue weighted by Gasteiger charge is -2.28. The summed E-state index contributed by atoms with van der Waals surface area (Å²) in [6.07, 6.45) is 0.942. The second kappa shape index (κ2) is 12.1. The molecule has 7 heteroatoms. The van der Waals surface area contributed by atoms with Crippen molar-refractivity contribution in [3.63, 3.8) is 0 Å². The van der Waals surface area contributed by atoms with Gasteiger partial charge in [0.2, 0.25) is 5.91 Å². The monoisotopic (exact) mass is 449 g/mol. The van der Waals surface area contributed by atoms with Gasteiger partial charge in [0.05, 0.1) is 13.2 Å². The predicted molar refractivity (Wildman–Crippen MR) is 129 cm³/mol. The Kier molecular flexibility index (Phi) is 8.95. The Labute approximate surface area is 194 Å². The van der Waals surface area contributed by atoms with Gasteiger partial charge < -0.3 is 25.8 Å². The number of rotatable bonds is 11. The highest BCUT2D eigenvalue weighted by molar-refractivity contribution is 5.89. The van der Waals surface area contributed by atoms with Gasteiger partial charge in [-0.05, 0) is 47.9 Å². The van der Waals surface area contributed by atoms with E-state index >= 15 is 0 Å². The minimum atomic E-state index is -0.896. The summed E-state index contributed by atoms with van der Waals surface area (Å²) in [6.45, 7) is 0.793. The molecule has 0 aromatic heterocycles. The zero-order valence-corrected chi connectivity index (χ0v) is 18.9. The molecule has 4 N–H and O–H groups in total. The van der Waals surface area contributed by atoms with E-state index < -0.39 is 18.1 Å². The number of carbonyl (C=O) groups excluding carboxylic acids is 2. The molecule has 3 rings (SSSR count). The zero-order chi connectivity index (χ0) is 23.6. The van der Waals surface area contributed by atoms with E-state index in [1.165, 1.54) is 4.90 Å². The molecule has 0 radical (unpaired) electrons. The van der Waals surface area contributed by atoms with Crippen molar-refractivity contribution in [1.29, 1.82) is 0 Å². The van der Waals surface area contributed by atoms with Crippen molar-refractivity contribution >= 4 is 22.6 Å². The van der Waals surface area contributed by atoms with Crippen molar-refractivity contribution in [3.05, 3.63) is 78.4 Å². The van der Waals surface area contributed by atoms with Gasteiger partial charge in [0, 0.05) is 7.05 Å². The molecule has 2 atom stereocenters. The molecule has 1 amide bonds. The molecule has 0 aliphatic heterocycles. The van der Waals surface area contributed by atoms with Gasteiger partial charge >= 0.3 is 5.97 Å². The molecule has 3 aromatic carbocycles. The van der Waals surface area contributed by atoms with Crippen LogP contribution in [0.1, 0.15) is 18.4 Å². The smallest absolute Gasteiger partial charge is 0.334 e. The summed E-state index contributed by atoms with van der Waals surface area (Å²) < 4.78 is 11.2. The standard InChI is InChI=1S/C26H31N3O4/c1-29(25(30)23(28)18-32-17-19-8-3-2-4-9-19)24(12-7-15-27)26(31)33-22-14-13-20-10-5-6-11-21(20)16-22/h2-6,8-11,13-14,16,23-24H,7,12,15,17-18,27-28H2,1H3/t23-,24-/m0/s1. The van der Waals surface area contributed by atoms with Crippen LogP contribution in [0.4, 0.5) is 0 Å². The lowest BCUT2D eigenvalue weighted by atomic mass is 10.1. The van der Waals surface area contributed by atoms with E-state index in [1.807, 2.05) is 60.7 Å². The molecule has 0 bridgehead atoms. The maximum Gasteiger partial charge on any atom is 0.334 e. The van der Waals surface area contributed by atoms with Crippen LogP contribution in [-0.4, -0.2) is 49.1 Å². The van der Waals surface area contributed by atoms with Crippen LogP contribution in [-0.2, 0) is 20.9 Å². The Morgan fingerprint density at radius 2 is 1.67 bits per heavy atom. The maximum absolute atomic E-state index is 13.0. The van der Waals surface area contributed by atoms with E-state index in [4.69, 9.17) is 20.9 Å². The Morgan fingerprint density at radius 1 is 0.970 bits per heavy atom. The minimum absolute atomic E-state index is 0.0431. The lowest BCUT2D eigenvalue weighted by Crippen LogP contribution is -2.52. The minimum Gasteiger partial charge on any atom is -0.425 e. The number of hydrogen-bond donors (Lipinski definition) is 2. The summed E-state index contributed by atoms with van der Waals surface area (Å²) in [5.41, 5.74) is 12.7. The number of carbonyl (C=O) groups is 2. The van der Waals surface area contributed by atoms with Crippen molar-refractivity contribution in [2.24, 2.45) is 11.5 Å². The number of hydrogen-bond acceptors (Lipinski definition) is 6. The molecule has 0 aliphatic carbocycles. The van der Waals surface area contributed by atoms with E-state index in [0.29, 0.717) is 31.7 Å². The molecule has 174 valence electrons. The largest absolute Gasteiger partial charge is 0.425 e. The van der Waals surface area contributed by atoms with E-state index in [9.17, 15) is 9.59 Å². The van der Waals surface area contributed by atoms with E-state index in [-0.39, 0.29) is 12.5 Å². The summed E-state index contributed by atoms with van der Waals surface area (Å²) in [5.74, 6) is -0.486. The molecule has 0 unspecified atom stereocenters. The highest BCUT2D eigenvalue weighted by atomic mass is 16.5. The zero-order valence-electron chi connectivity index (χ0n) is 18.9. The molecule has 3 aromatic rings. The Hall–Kier alpha value is -3.26. The third-order valence-corrected chi connectivity index (χ3v) is 5.43. The number of esters is 1. The van der Waals surface area contributed by atoms with Crippen LogP contribution in [0, 0.1) is 0 Å². The van der Waals surface area contributed by atoms with Crippen LogP contribution in [0.15, 0.2) is 72.8 Å². The fourth-order valence-corrected chi connectivity index (χ4v) is 3.56. The molecule has 0 fully saturated rings. The second-order valence-electron chi connectivity index (χ2n) is 7.93. The average molecular weight is 450 g/mol. The van der Waals surface area contributed by atoms with Crippen molar-refractivity contribution in [3.8, 4) is 5.75 Å². The number of amides is 1. The molecule has 0 saturated heterocycles. The lowest BCUT2D eigenvalue weighted by molar-refractivity contribution is -0.148. The molecule has 33 heavy (non-hydrogen) atoms. The molecular weight excluding hydrogens is 418 g/mol. The van der Waals surface area contributed by atoms with Crippen LogP contribution in [0.2, 0.25) is 0 Å². The SMILES string of the molecule is CN(C(=O)[C@@H](N)COCc1ccccc1)[C@@H](CCCN)C(=O)Oc1ccc2ccccc2c1. The first-order valence-electron chi connectivity index (χ1n) is 11.0. The quantitative estimate of drug-likeness (QED) is 0.344. The molecule has 0 spiro atoms. The highest BCUT2D eigenvalue weighted by Gasteiger charge is 2.31. The molecule has 0 heterocycles. The van der Waals surface area contributed by atoms with Crippen LogP contribution in [0.5, 0.6) is 5.75 Å². The fourth-order valence-electron chi connectivity index (χ4n) is 3.56. The van der Waals surface area contributed by atoms with Crippen molar-refractivity contribution < 1.29 is 19.1 Å². The first kappa shape index (κ1) is 24.4. The Bertz CT molecular complexity index is 1060. The number of likely N-dealkylation sites (N-methyl/N-ethyl adjacent to an activating group) is 1. The first-order chi connectivity index (χ1) is 16.0. The summed E-state index contributed by atoms with van der Waals surface area (Å²) in [6, 6.07) is 21.2. The third-order valence-electron chi connectivity index (χ3n) is 5.43. The molecule has 0 saturated carbocycles. The molecule has 0 aliphatic rings. The van der Waals surface area contributed by atoms with Crippen LogP contribution < -0.4 is 16.2 Å². The van der Waals surface area contributed by atoms with Gasteiger partial charge in [-0.25, -0.2) is 4.79 Å². The first-order valence-corrected chi connectivity index (χ1v) is 11.0. The fraction of sp³-hybridized carbons (Fsp3) is 0.308. The van der Waals surface area contributed by atoms with E-state index in [1.54, 1.807) is 19.2 Å². The number of benzene rings is 3. The third kappa shape index (κ3) is 6.86. The normalized spacial score (nSPS) is 12.8. The van der Waals surface area contributed by atoms with Gasteiger partial charge in [-0.2, -0.15) is 0 Å².